The predicted octanol–water partition coefficient (Wildman–Crippen LogP) is 3.33. The molecule has 0 unspecified atom stereocenters. The highest BCUT2D eigenvalue weighted by Gasteiger charge is 2.49. The van der Waals surface area contributed by atoms with E-state index in [0.29, 0.717) is 12.8 Å². The summed E-state index contributed by atoms with van der Waals surface area (Å²) in [6, 6.07) is 2.03. The van der Waals surface area contributed by atoms with E-state index in [0.717, 1.165) is 6.07 Å². The monoisotopic (exact) mass is 302 g/mol. The third-order valence-electron chi connectivity index (χ3n) is 4.20. The molecule has 1 aliphatic heterocycles. The van der Waals surface area contributed by atoms with Crippen LogP contribution < -0.4 is 9.47 Å². The lowest BCUT2D eigenvalue weighted by Crippen LogP contribution is -2.35. The number of fused-ring (bicyclic) bond motifs is 1. The number of rotatable bonds is 2. The minimum absolute atomic E-state index is 0.00427. The fourth-order valence-electron chi connectivity index (χ4n) is 3.15. The van der Waals surface area contributed by atoms with Gasteiger partial charge in [0, 0.05) is 0 Å². The van der Waals surface area contributed by atoms with Gasteiger partial charge in [-0.05, 0) is 30.5 Å². The highest BCUT2D eigenvalue weighted by molar-refractivity contribution is 5.83. The van der Waals surface area contributed by atoms with E-state index >= 15 is 0 Å². The van der Waals surface area contributed by atoms with Gasteiger partial charge in [0.15, 0.2) is 11.5 Å². The van der Waals surface area contributed by atoms with E-state index in [4.69, 9.17) is 9.47 Å². The normalized spacial score (nSPS) is 19.8. The molecule has 0 bridgehead atoms. The number of halogens is 3. The molecule has 1 aliphatic carbocycles. The molecule has 0 radical (unpaired) electrons. The minimum atomic E-state index is -4.64. The van der Waals surface area contributed by atoms with Crippen molar-refractivity contribution < 1.29 is 32.5 Å². The summed E-state index contributed by atoms with van der Waals surface area (Å²) in [5.74, 6) is -1.04. The maximum atomic E-state index is 13.3. The first kappa shape index (κ1) is 14.0. The zero-order chi connectivity index (χ0) is 15.3. The van der Waals surface area contributed by atoms with Crippen molar-refractivity contribution in [3.8, 4) is 11.5 Å². The van der Waals surface area contributed by atoms with Gasteiger partial charge in [0.1, 0.15) is 0 Å². The van der Waals surface area contributed by atoms with Gasteiger partial charge in [-0.25, -0.2) is 0 Å². The number of alkyl halides is 3. The van der Waals surface area contributed by atoms with Crippen LogP contribution >= 0.6 is 0 Å². The molecule has 7 heteroatoms. The summed E-state index contributed by atoms with van der Waals surface area (Å²) < 4.78 is 50.0. The number of carboxylic acid groups (broad SMARTS) is 1. The average Bonchev–Trinajstić information content (AvgIpc) is 3.05. The van der Waals surface area contributed by atoms with Gasteiger partial charge in [-0.2, -0.15) is 13.2 Å². The molecule has 4 nitrogen and oxygen atoms in total. The topological polar surface area (TPSA) is 55.8 Å². The Morgan fingerprint density at radius 3 is 2.24 bits per heavy atom. The second-order valence-corrected chi connectivity index (χ2v) is 5.34. The van der Waals surface area contributed by atoms with E-state index in [1.165, 1.54) is 6.07 Å². The van der Waals surface area contributed by atoms with Gasteiger partial charge in [-0.1, -0.05) is 12.8 Å². The number of carbonyl (C=O) groups is 1. The second-order valence-electron chi connectivity index (χ2n) is 5.34. The van der Waals surface area contributed by atoms with Crippen molar-refractivity contribution in [2.24, 2.45) is 0 Å². The fraction of sp³-hybridized carbons (Fsp3) is 0.500. The molecule has 21 heavy (non-hydrogen) atoms. The van der Waals surface area contributed by atoms with E-state index in [1.807, 2.05) is 0 Å². The van der Waals surface area contributed by atoms with E-state index in [1.54, 1.807) is 0 Å². The van der Waals surface area contributed by atoms with E-state index in [-0.39, 0.29) is 36.7 Å². The maximum absolute atomic E-state index is 13.3. The van der Waals surface area contributed by atoms with E-state index in [2.05, 4.69) is 0 Å². The average molecular weight is 302 g/mol. The highest BCUT2D eigenvalue weighted by atomic mass is 19.4. The largest absolute Gasteiger partial charge is 0.481 e. The van der Waals surface area contributed by atoms with Crippen LogP contribution in [0.1, 0.15) is 36.8 Å². The molecule has 1 fully saturated rings. The second kappa shape index (κ2) is 4.54. The highest BCUT2D eigenvalue weighted by Crippen LogP contribution is 2.50. The zero-order valence-electron chi connectivity index (χ0n) is 11.0. The SMILES string of the molecule is O=C(O)C1(c2cc3c(cc2C(F)(F)F)OCO3)CCCC1. The van der Waals surface area contributed by atoms with Crippen molar-refractivity contribution >= 4 is 5.97 Å². The Morgan fingerprint density at radius 1 is 1.14 bits per heavy atom. The summed E-state index contributed by atoms with van der Waals surface area (Å²) in [5, 5.41) is 9.52. The van der Waals surface area contributed by atoms with Crippen molar-refractivity contribution in [3.63, 3.8) is 0 Å². The number of hydrogen-bond donors (Lipinski definition) is 1. The molecular formula is C14H13F3O4. The molecule has 0 spiro atoms. The minimum Gasteiger partial charge on any atom is -0.481 e. The molecule has 1 aromatic rings. The Labute approximate surface area is 118 Å². The lowest BCUT2D eigenvalue weighted by molar-refractivity contribution is -0.146. The summed E-state index contributed by atoms with van der Waals surface area (Å²) in [6.45, 7) is -0.157. The molecule has 1 saturated carbocycles. The number of benzene rings is 1. The van der Waals surface area contributed by atoms with Crippen molar-refractivity contribution in [1.82, 2.24) is 0 Å². The summed E-state index contributed by atoms with van der Waals surface area (Å²) >= 11 is 0. The van der Waals surface area contributed by atoms with Gasteiger partial charge in [0.25, 0.3) is 0 Å². The number of hydrogen-bond acceptors (Lipinski definition) is 3. The van der Waals surface area contributed by atoms with Gasteiger partial charge < -0.3 is 14.6 Å². The molecule has 2 aliphatic rings. The zero-order valence-corrected chi connectivity index (χ0v) is 11.0. The van der Waals surface area contributed by atoms with Gasteiger partial charge in [0.2, 0.25) is 6.79 Å². The Balaban J connectivity index is 2.23. The number of aliphatic carboxylic acids is 1. The van der Waals surface area contributed by atoms with Crippen LogP contribution in [0, 0.1) is 0 Å². The molecule has 114 valence electrons. The van der Waals surface area contributed by atoms with Gasteiger partial charge in [-0.15, -0.1) is 0 Å². The smallest absolute Gasteiger partial charge is 0.416 e. The van der Waals surface area contributed by atoms with Crippen molar-refractivity contribution in [3.05, 3.63) is 23.3 Å². The van der Waals surface area contributed by atoms with Crippen LogP contribution in [0.4, 0.5) is 13.2 Å². The van der Waals surface area contributed by atoms with Gasteiger partial charge in [-0.3, -0.25) is 4.79 Å². The summed E-state index contributed by atoms with van der Waals surface area (Å²) in [6.07, 6.45) is -3.05. The van der Waals surface area contributed by atoms with Crippen molar-refractivity contribution in [2.45, 2.75) is 37.3 Å². The van der Waals surface area contributed by atoms with Crippen LogP contribution in [0.2, 0.25) is 0 Å². The van der Waals surface area contributed by atoms with Crippen LogP contribution in [0.3, 0.4) is 0 Å². The van der Waals surface area contributed by atoms with Crippen LogP contribution in [-0.4, -0.2) is 17.9 Å². The molecular weight excluding hydrogens is 289 g/mol. The van der Waals surface area contributed by atoms with Gasteiger partial charge in [0.05, 0.1) is 11.0 Å². The van der Waals surface area contributed by atoms with Crippen molar-refractivity contribution in [1.29, 1.82) is 0 Å². The van der Waals surface area contributed by atoms with Crippen LogP contribution in [0.15, 0.2) is 12.1 Å². The first-order chi connectivity index (χ1) is 9.84. The van der Waals surface area contributed by atoms with Gasteiger partial charge >= 0.3 is 12.1 Å². The number of carboxylic acids is 1. The molecule has 0 aromatic heterocycles. The first-order valence-electron chi connectivity index (χ1n) is 6.59. The van der Waals surface area contributed by atoms with Crippen LogP contribution in [0.5, 0.6) is 11.5 Å². The molecule has 0 amide bonds. The first-order valence-corrected chi connectivity index (χ1v) is 6.59. The lowest BCUT2D eigenvalue weighted by atomic mass is 9.76. The quantitative estimate of drug-likeness (QED) is 0.910. The molecule has 3 rings (SSSR count). The molecule has 0 atom stereocenters. The Kier molecular flexibility index (Phi) is 3.04. The third-order valence-corrected chi connectivity index (χ3v) is 4.20. The third kappa shape index (κ3) is 2.11. The van der Waals surface area contributed by atoms with Crippen molar-refractivity contribution in [2.75, 3.05) is 6.79 Å². The van der Waals surface area contributed by atoms with E-state index < -0.39 is 23.1 Å². The lowest BCUT2D eigenvalue weighted by Gasteiger charge is -2.28. The molecule has 1 aromatic carbocycles. The van der Waals surface area contributed by atoms with E-state index in [9.17, 15) is 23.1 Å². The number of ether oxygens (including phenoxy) is 2. The molecule has 1 heterocycles. The Morgan fingerprint density at radius 2 is 1.71 bits per heavy atom. The van der Waals surface area contributed by atoms with Crippen LogP contribution in [0.25, 0.3) is 0 Å². The Bertz CT molecular complexity index is 589. The summed E-state index contributed by atoms with van der Waals surface area (Å²) in [4.78, 5) is 11.7. The summed E-state index contributed by atoms with van der Waals surface area (Å²) in [7, 11) is 0. The van der Waals surface area contributed by atoms with Crippen LogP contribution in [-0.2, 0) is 16.4 Å². The Hall–Kier alpha value is -1.92. The molecule has 0 saturated heterocycles. The predicted molar refractivity (Wildman–Crippen MR) is 65.3 cm³/mol. The molecule has 1 N–H and O–H groups in total. The maximum Gasteiger partial charge on any atom is 0.416 e. The fourth-order valence-corrected chi connectivity index (χ4v) is 3.15. The summed E-state index contributed by atoms with van der Waals surface area (Å²) in [5.41, 5.74) is -2.66. The standard InChI is InChI=1S/C14H13F3O4/c15-14(16,17)9-6-11-10(20-7-21-11)5-8(9)13(12(18)19)3-1-2-4-13/h5-6H,1-4,7H2,(H,18,19).